The van der Waals surface area contributed by atoms with E-state index in [2.05, 4.69) is 45.1 Å². The molecule has 5 rings (SSSR count). The Hall–Kier alpha value is -1.69. The van der Waals surface area contributed by atoms with Gasteiger partial charge in [0.15, 0.2) is 5.78 Å². The number of oxime groups is 1. The Kier molecular flexibility index (Phi) is 8.11. The number of carbonyl (C=O) groups excluding carboxylic acids is 2. The van der Waals surface area contributed by atoms with E-state index in [0.29, 0.717) is 36.1 Å². The molecular weight excluding hydrogens is 474 g/mol. The second-order valence-corrected chi connectivity index (χ2v) is 14.0. The topological polar surface area (TPSA) is 71.0 Å². The van der Waals surface area contributed by atoms with Crippen LogP contribution in [0.15, 0.2) is 16.8 Å². The van der Waals surface area contributed by atoms with E-state index >= 15 is 0 Å². The third-order valence-corrected chi connectivity index (χ3v) is 11.6. The summed E-state index contributed by atoms with van der Waals surface area (Å²) in [4.78, 5) is 33.0. The van der Waals surface area contributed by atoms with Crippen molar-refractivity contribution in [3.8, 4) is 0 Å². The van der Waals surface area contributed by atoms with Gasteiger partial charge >= 0.3 is 6.09 Å². The van der Waals surface area contributed by atoms with Crippen molar-refractivity contribution in [2.24, 2.45) is 39.7 Å². The molecule has 0 aromatic heterocycles. The first kappa shape index (κ1) is 27.9. The van der Waals surface area contributed by atoms with Crippen molar-refractivity contribution < 1.29 is 14.4 Å². The number of ketones is 1. The Bertz CT molecular complexity index is 967. The molecule has 6 atom stereocenters. The molecular formula is C32H51N3O3. The molecule has 0 saturated heterocycles. The number of carbonyl (C=O) groups is 2. The monoisotopic (exact) mass is 525 g/mol. The molecule has 5 aliphatic rings. The Morgan fingerprint density at radius 2 is 1.84 bits per heavy atom. The minimum atomic E-state index is -0.281. The highest BCUT2D eigenvalue weighted by Gasteiger charge is 2.59. The molecule has 4 fully saturated rings. The standard InChI is InChI=1S/C32H51N3O3/c1-21(2)33-18-19-35(24-8-6-7-9-24)30(37)38-34-22(3)27-12-13-28-26-11-10-23-20-25(36)14-16-31(23,4)29(26)15-17-32(27,28)5/h20-21,24,26-29,33H,6-19H2,1-5H3/b34-22+/t26-,27+,28-,29-,31-,32+/m0/s1. The predicted octanol–water partition coefficient (Wildman–Crippen LogP) is 6.89. The molecule has 0 unspecified atom stereocenters. The number of hydrogen-bond donors (Lipinski definition) is 1. The van der Waals surface area contributed by atoms with Gasteiger partial charge in [-0.05, 0) is 99.4 Å². The van der Waals surface area contributed by atoms with E-state index in [-0.39, 0.29) is 23.0 Å². The number of nitrogens with one attached hydrogen (secondary N) is 1. The fraction of sp³-hybridized carbons (Fsp3) is 0.844. The minimum absolute atomic E-state index is 0.211. The Morgan fingerprint density at radius 3 is 2.58 bits per heavy atom. The molecule has 4 saturated carbocycles. The van der Waals surface area contributed by atoms with Crippen LogP contribution in [0.4, 0.5) is 4.79 Å². The van der Waals surface area contributed by atoms with Crippen LogP contribution in [0.3, 0.4) is 0 Å². The summed E-state index contributed by atoms with van der Waals surface area (Å²) in [5, 5.41) is 7.97. The Labute approximate surface area is 230 Å². The molecule has 0 radical (unpaired) electrons. The van der Waals surface area contributed by atoms with Crippen molar-refractivity contribution >= 4 is 17.6 Å². The average molecular weight is 526 g/mol. The Morgan fingerprint density at radius 1 is 1.08 bits per heavy atom. The summed E-state index contributed by atoms with van der Waals surface area (Å²) in [6, 6.07) is 0.676. The van der Waals surface area contributed by atoms with Crippen LogP contribution in [0.5, 0.6) is 0 Å². The lowest BCUT2D eigenvalue weighted by Crippen LogP contribution is -2.51. The van der Waals surface area contributed by atoms with Crippen LogP contribution in [0, 0.1) is 34.5 Å². The van der Waals surface area contributed by atoms with Gasteiger partial charge in [-0.2, -0.15) is 0 Å². The normalized spacial score (nSPS) is 37.5. The van der Waals surface area contributed by atoms with Crippen molar-refractivity contribution in [3.05, 3.63) is 11.6 Å². The second-order valence-electron chi connectivity index (χ2n) is 14.0. The van der Waals surface area contributed by atoms with Crippen LogP contribution in [-0.2, 0) is 9.63 Å². The van der Waals surface area contributed by atoms with Crippen LogP contribution >= 0.6 is 0 Å². The zero-order valence-electron chi connectivity index (χ0n) is 24.6. The van der Waals surface area contributed by atoms with Crippen LogP contribution in [0.2, 0.25) is 0 Å². The number of amides is 1. The number of fused-ring (bicyclic) bond motifs is 5. The quantitative estimate of drug-likeness (QED) is 0.223. The molecule has 212 valence electrons. The van der Waals surface area contributed by atoms with E-state index in [4.69, 9.17) is 4.84 Å². The number of nitrogens with zero attached hydrogens (tertiary/aromatic N) is 2. The van der Waals surface area contributed by atoms with Crippen molar-refractivity contribution in [1.82, 2.24) is 10.2 Å². The molecule has 5 aliphatic carbocycles. The summed E-state index contributed by atoms with van der Waals surface area (Å²) in [5.41, 5.74) is 2.87. The van der Waals surface area contributed by atoms with Crippen molar-refractivity contribution in [2.45, 2.75) is 124 Å². The van der Waals surface area contributed by atoms with Gasteiger partial charge in [-0.1, -0.05) is 51.3 Å². The number of hydrogen-bond acceptors (Lipinski definition) is 5. The van der Waals surface area contributed by atoms with Crippen LogP contribution in [-0.4, -0.2) is 47.7 Å². The SMILES string of the molecule is C/C(=N\OC(=O)N(CCNC(C)C)C1CCCC1)[C@H]1CC[C@H]2[C@@H]3CCC4=CC(=O)CC[C@]4(C)[C@H]3CC[C@]12C. The van der Waals surface area contributed by atoms with Crippen LogP contribution in [0.1, 0.15) is 112 Å². The zero-order chi connectivity index (χ0) is 27.1. The molecule has 0 aliphatic heterocycles. The van der Waals surface area contributed by atoms with E-state index < -0.39 is 0 Å². The van der Waals surface area contributed by atoms with Gasteiger partial charge in [0.1, 0.15) is 0 Å². The highest BCUT2D eigenvalue weighted by atomic mass is 16.7. The molecule has 1 amide bonds. The lowest BCUT2D eigenvalue weighted by atomic mass is 9.46. The minimum Gasteiger partial charge on any atom is -0.313 e. The molecule has 38 heavy (non-hydrogen) atoms. The van der Waals surface area contributed by atoms with Gasteiger partial charge in [-0.15, -0.1) is 0 Å². The molecule has 6 nitrogen and oxygen atoms in total. The van der Waals surface area contributed by atoms with Crippen molar-refractivity contribution in [3.63, 3.8) is 0 Å². The first-order chi connectivity index (χ1) is 18.1. The Balaban J connectivity index is 1.26. The average Bonchev–Trinajstić information content (AvgIpc) is 3.53. The van der Waals surface area contributed by atoms with Crippen LogP contribution < -0.4 is 5.32 Å². The first-order valence-corrected chi connectivity index (χ1v) is 15.6. The fourth-order valence-corrected chi connectivity index (χ4v) is 9.59. The van der Waals surface area contributed by atoms with Gasteiger partial charge in [0.2, 0.25) is 0 Å². The molecule has 1 N–H and O–H groups in total. The summed E-state index contributed by atoms with van der Waals surface area (Å²) in [6.45, 7) is 12.8. The molecule has 0 aromatic rings. The summed E-state index contributed by atoms with van der Waals surface area (Å²) in [6.07, 6.45) is 15.1. The van der Waals surface area contributed by atoms with Crippen molar-refractivity contribution in [1.29, 1.82) is 0 Å². The second kappa shape index (κ2) is 11.1. The number of rotatable bonds is 7. The maximum Gasteiger partial charge on any atom is 0.436 e. The smallest absolute Gasteiger partial charge is 0.313 e. The molecule has 0 bridgehead atoms. The molecule has 0 aromatic carbocycles. The van der Waals surface area contributed by atoms with E-state index in [1.165, 1.54) is 44.1 Å². The number of allylic oxidation sites excluding steroid dienone is 1. The van der Waals surface area contributed by atoms with E-state index in [1.807, 2.05) is 11.0 Å². The highest BCUT2D eigenvalue weighted by molar-refractivity contribution is 5.91. The lowest BCUT2D eigenvalue weighted by Gasteiger charge is -2.58. The maximum absolute atomic E-state index is 13.2. The summed E-state index contributed by atoms with van der Waals surface area (Å²) in [5.74, 6) is 2.83. The third kappa shape index (κ3) is 5.11. The molecule has 0 heterocycles. The fourth-order valence-electron chi connectivity index (χ4n) is 9.59. The van der Waals surface area contributed by atoms with Gasteiger partial charge in [0.25, 0.3) is 0 Å². The summed E-state index contributed by atoms with van der Waals surface area (Å²) < 4.78 is 0. The van der Waals surface area contributed by atoms with E-state index in [1.54, 1.807) is 0 Å². The van der Waals surface area contributed by atoms with Gasteiger partial charge in [0, 0.05) is 37.5 Å². The lowest BCUT2D eigenvalue weighted by molar-refractivity contribution is -0.117. The summed E-state index contributed by atoms with van der Waals surface area (Å²) >= 11 is 0. The first-order valence-electron chi connectivity index (χ1n) is 15.6. The maximum atomic E-state index is 13.2. The van der Waals surface area contributed by atoms with E-state index in [9.17, 15) is 9.59 Å². The van der Waals surface area contributed by atoms with Gasteiger partial charge < -0.3 is 10.2 Å². The molecule has 6 heteroatoms. The molecule has 0 spiro atoms. The van der Waals surface area contributed by atoms with E-state index in [0.717, 1.165) is 56.7 Å². The van der Waals surface area contributed by atoms with Gasteiger partial charge in [-0.25, -0.2) is 4.79 Å². The zero-order valence-corrected chi connectivity index (χ0v) is 24.6. The largest absolute Gasteiger partial charge is 0.436 e. The highest BCUT2D eigenvalue weighted by Crippen LogP contribution is 2.66. The van der Waals surface area contributed by atoms with Gasteiger partial charge in [-0.3, -0.25) is 9.63 Å². The van der Waals surface area contributed by atoms with Crippen LogP contribution in [0.25, 0.3) is 0 Å². The third-order valence-electron chi connectivity index (χ3n) is 11.6. The van der Waals surface area contributed by atoms with Crippen molar-refractivity contribution in [2.75, 3.05) is 13.1 Å². The predicted molar refractivity (Wildman–Crippen MR) is 152 cm³/mol. The van der Waals surface area contributed by atoms with Gasteiger partial charge in [0.05, 0.1) is 5.71 Å². The summed E-state index contributed by atoms with van der Waals surface area (Å²) in [7, 11) is 0.